The second-order valence-corrected chi connectivity index (χ2v) is 3.62. The Morgan fingerprint density at radius 3 is 2.83 bits per heavy atom. The van der Waals surface area contributed by atoms with Crippen LogP contribution in [0.25, 0.3) is 11.0 Å². The number of anilines is 2. The van der Waals surface area contributed by atoms with Gasteiger partial charge < -0.3 is 5.32 Å². The van der Waals surface area contributed by atoms with Gasteiger partial charge in [-0.3, -0.25) is 5.10 Å². The second-order valence-electron chi connectivity index (χ2n) is 3.62. The maximum atomic E-state index is 13.1. The number of aromatic nitrogens is 4. The summed E-state index contributed by atoms with van der Waals surface area (Å²) < 4.78 is 25.8. The van der Waals surface area contributed by atoms with Crippen molar-refractivity contribution in [3.63, 3.8) is 0 Å². The quantitative estimate of drug-likeness (QED) is 0.729. The van der Waals surface area contributed by atoms with Crippen LogP contribution in [0.15, 0.2) is 30.5 Å². The van der Waals surface area contributed by atoms with Gasteiger partial charge in [0.25, 0.3) is 0 Å². The van der Waals surface area contributed by atoms with E-state index in [4.69, 9.17) is 0 Å². The van der Waals surface area contributed by atoms with Crippen LogP contribution in [0.3, 0.4) is 0 Å². The third kappa shape index (κ3) is 1.75. The molecule has 7 heteroatoms. The van der Waals surface area contributed by atoms with Crippen molar-refractivity contribution in [3.05, 3.63) is 42.1 Å². The molecule has 0 aliphatic carbocycles. The molecule has 90 valence electrons. The summed E-state index contributed by atoms with van der Waals surface area (Å²) in [6.45, 7) is 0. The van der Waals surface area contributed by atoms with E-state index in [-0.39, 0.29) is 0 Å². The van der Waals surface area contributed by atoms with Crippen molar-refractivity contribution < 1.29 is 8.78 Å². The van der Waals surface area contributed by atoms with E-state index in [0.717, 1.165) is 17.5 Å². The van der Waals surface area contributed by atoms with Gasteiger partial charge in [0, 0.05) is 11.8 Å². The van der Waals surface area contributed by atoms with Crippen LogP contribution in [0.2, 0.25) is 0 Å². The summed E-state index contributed by atoms with van der Waals surface area (Å²) in [6.07, 6.45) is 1.52. The van der Waals surface area contributed by atoms with Crippen LogP contribution in [0.4, 0.5) is 20.3 Å². The Labute approximate surface area is 99.9 Å². The van der Waals surface area contributed by atoms with Crippen LogP contribution in [0.5, 0.6) is 0 Å². The summed E-state index contributed by atoms with van der Waals surface area (Å²) in [4.78, 5) is 0. The smallest absolute Gasteiger partial charge is 0.180 e. The van der Waals surface area contributed by atoms with Crippen LogP contribution in [0.1, 0.15) is 0 Å². The van der Waals surface area contributed by atoms with Gasteiger partial charge in [-0.25, -0.2) is 8.78 Å². The minimum absolute atomic E-state index is 0.402. The molecule has 0 aliphatic heterocycles. The molecule has 0 saturated heterocycles. The highest BCUT2D eigenvalue weighted by molar-refractivity contribution is 5.88. The lowest BCUT2D eigenvalue weighted by Gasteiger charge is -2.03. The number of hydrogen-bond acceptors (Lipinski definition) is 4. The summed E-state index contributed by atoms with van der Waals surface area (Å²) >= 11 is 0. The molecule has 0 fully saturated rings. The Bertz CT molecular complexity index is 709. The minimum Gasteiger partial charge on any atom is -0.338 e. The lowest BCUT2D eigenvalue weighted by Crippen LogP contribution is -1.93. The molecule has 2 aromatic heterocycles. The molecule has 2 heterocycles. The fourth-order valence-corrected chi connectivity index (χ4v) is 1.58. The van der Waals surface area contributed by atoms with Gasteiger partial charge in [-0.15, -0.1) is 5.10 Å². The summed E-state index contributed by atoms with van der Waals surface area (Å²) in [6, 6.07) is 5.25. The predicted octanol–water partition coefficient (Wildman–Crippen LogP) is 2.37. The van der Waals surface area contributed by atoms with Crippen molar-refractivity contribution in [1.29, 1.82) is 0 Å². The van der Waals surface area contributed by atoms with E-state index in [1.807, 2.05) is 0 Å². The Balaban J connectivity index is 1.98. The van der Waals surface area contributed by atoms with Gasteiger partial charge in [-0.05, 0) is 18.2 Å². The zero-order valence-corrected chi connectivity index (χ0v) is 8.98. The molecule has 0 radical (unpaired) electrons. The van der Waals surface area contributed by atoms with Crippen LogP contribution in [0, 0.1) is 11.6 Å². The number of benzene rings is 1. The molecule has 1 aromatic carbocycles. The van der Waals surface area contributed by atoms with Crippen molar-refractivity contribution in [3.8, 4) is 0 Å². The van der Waals surface area contributed by atoms with Crippen LogP contribution in [-0.4, -0.2) is 20.4 Å². The molecule has 3 aromatic rings. The maximum Gasteiger partial charge on any atom is 0.180 e. The average molecular weight is 247 g/mol. The van der Waals surface area contributed by atoms with E-state index in [0.29, 0.717) is 17.2 Å². The van der Waals surface area contributed by atoms with Crippen molar-refractivity contribution in [2.24, 2.45) is 0 Å². The number of H-pyrrole nitrogens is 1. The van der Waals surface area contributed by atoms with Gasteiger partial charge in [0.2, 0.25) is 0 Å². The number of fused-ring (bicyclic) bond motifs is 1. The van der Waals surface area contributed by atoms with E-state index >= 15 is 0 Å². The van der Waals surface area contributed by atoms with Crippen LogP contribution >= 0.6 is 0 Å². The molecule has 3 rings (SSSR count). The average Bonchev–Trinajstić information content (AvgIpc) is 2.78. The molecular formula is C11H7F2N5. The van der Waals surface area contributed by atoms with Crippen molar-refractivity contribution in [2.75, 3.05) is 5.32 Å². The lowest BCUT2D eigenvalue weighted by molar-refractivity contribution is 0.509. The van der Waals surface area contributed by atoms with Crippen molar-refractivity contribution >= 4 is 22.5 Å². The molecule has 0 bridgehead atoms. The molecule has 0 atom stereocenters. The molecule has 0 aliphatic rings. The van der Waals surface area contributed by atoms with Crippen LogP contribution in [-0.2, 0) is 0 Å². The van der Waals surface area contributed by atoms with Crippen molar-refractivity contribution in [1.82, 2.24) is 20.4 Å². The molecular weight excluding hydrogens is 240 g/mol. The van der Waals surface area contributed by atoms with Gasteiger partial charge >= 0.3 is 0 Å². The summed E-state index contributed by atoms with van der Waals surface area (Å²) in [5, 5.41) is 17.8. The SMILES string of the molecule is Fc1ccc(Nc2n[nH]c3nnccc23)cc1F. The van der Waals surface area contributed by atoms with E-state index < -0.39 is 11.6 Å². The first-order valence-electron chi connectivity index (χ1n) is 5.12. The zero-order chi connectivity index (χ0) is 12.5. The van der Waals surface area contributed by atoms with Gasteiger partial charge in [0.15, 0.2) is 23.1 Å². The summed E-state index contributed by atoms with van der Waals surface area (Å²) in [5.41, 5.74) is 0.918. The number of halogens is 2. The van der Waals surface area contributed by atoms with Crippen molar-refractivity contribution in [2.45, 2.75) is 0 Å². The number of nitrogens with zero attached hydrogens (tertiary/aromatic N) is 3. The third-order valence-electron chi connectivity index (χ3n) is 2.43. The first-order chi connectivity index (χ1) is 8.74. The largest absolute Gasteiger partial charge is 0.338 e. The molecule has 2 N–H and O–H groups in total. The molecule has 18 heavy (non-hydrogen) atoms. The minimum atomic E-state index is -0.917. The Morgan fingerprint density at radius 2 is 2.00 bits per heavy atom. The van der Waals surface area contributed by atoms with E-state index in [9.17, 15) is 8.78 Å². The third-order valence-corrected chi connectivity index (χ3v) is 2.43. The highest BCUT2D eigenvalue weighted by atomic mass is 19.2. The van der Waals surface area contributed by atoms with Gasteiger partial charge in [0.05, 0.1) is 11.6 Å². The highest BCUT2D eigenvalue weighted by Crippen LogP contribution is 2.22. The number of nitrogens with one attached hydrogen (secondary N) is 2. The molecule has 0 unspecified atom stereocenters. The van der Waals surface area contributed by atoms with E-state index in [1.165, 1.54) is 12.3 Å². The van der Waals surface area contributed by atoms with Gasteiger partial charge in [-0.1, -0.05) is 0 Å². The molecule has 5 nitrogen and oxygen atoms in total. The fraction of sp³-hybridized carbons (Fsp3) is 0. The topological polar surface area (TPSA) is 66.5 Å². The number of rotatable bonds is 2. The second kappa shape index (κ2) is 4.02. The standard InChI is InChI=1S/C11H7F2N5/c12-8-2-1-6(5-9(8)13)15-10-7-3-4-14-16-11(7)18-17-10/h1-5H,(H2,15,16,17,18). The molecule has 0 spiro atoms. The summed E-state index contributed by atoms with van der Waals surface area (Å²) in [7, 11) is 0. The van der Waals surface area contributed by atoms with Gasteiger partial charge in [-0.2, -0.15) is 10.2 Å². The van der Waals surface area contributed by atoms with Gasteiger partial charge in [0.1, 0.15) is 0 Å². The Kier molecular flexibility index (Phi) is 2.36. The number of hydrogen-bond donors (Lipinski definition) is 2. The maximum absolute atomic E-state index is 13.1. The zero-order valence-electron chi connectivity index (χ0n) is 8.98. The number of aromatic amines is 1. The first kappa shape index (κ1) is 10.6. The molecule has 0 saturated carbocycles. The first-order valence-corrected chi connectivity index (χ1v) is 5.12. The molecule has 0 amide bonds. The summed E-state index contributed by atoms with van der Waals surface area (Å²) in [5.74, 6) is -1.33. The normalized spacial score (nSPS) is 10.8. The lowest BCUT2D eigenvalue weighted by atomic mass is 10.3. The Morgan fingerprint density at radius 1 is 1.11 bits per heavy atom. The highest BCUT2D eigenvalue weighted by Gasteiger charge is 2.08. The monoisotopic (exact) mass is 247 g/mol. The Hall–Kier alpha value is -2.57. The fourth-order valence-electron chi connectivity index (χ4n) is 1.58. The van der Waals surface area contributed by atoms with E-state index in [2.05, 4.69) is 25.7 Å². The predicted molar refractivity (Wildman–Crippen MR) is 61.3 cm³/mol. The van der Waals surface area contributed by atoms with Crippen LogP contribution < -0.4 is 5.32 Å². The van der Waals surface area contributed by atoms with E-state index in [1.54, 1.807) is 6.07 Å².